The summed E-state index contributed by atoms with van der Waals surface area (Å²) in [5, 5.41) is 11.7. The number of hydrogen-bond acceptors (Lipinski definition) is 7. The highest BCUT2D eigenvalue weighted by atomic mass is 32.2. The zero-order valence-corrected chi connectivity index (χ0v) is 15.1. The Hall–Kier alpha value is -2.16. The molecule has 0 aliphatic carbocycles. The SMILES string of the molecule is Cc1ccc2oc(SCC(=O)c3ccc(CNC(=O)CO)s3)nc2c1. The number of oxazole rings is 1. The van der Waals surface area contributed by atoms with Gasteiger partial charge in [0.05, 0.1) is 17.2 Å². The number of nitrogens with one attached hydrogen (secondary N) is 1. The first-order chi connectivity index (χ1) is 12.0. The fourth-order valence-electron chi connectivity index (χ4n) is 2.14. The molecule has 3 rings (SSSR count). The van der Waals surface area contributed by atoms with Gasteiger partial charge in [-0.2, -0.15) is 0 Å². The van der Waals surface area contributed by atoms with Crippen molar-refractivity contribution in [3.05, 3.63) is 45.6 Å². The van der Waals surface area contributed by atoms with E-state index >= 15 is 0 Å². The topological polar surface area (TPSA) is 92.4 Å². The molecule has 1 amide bonds. The molecule has 0 aliphatic heterocycles. The Morgan fingerprint density at radius 1 is 1.32 bits per heavy atom. The predicted molar refractivity (Wildman–Crippen MR) is 97.1 cm³/mol. The van der Waals surface area contributed by atoms with E-state index in [0.29, 0.717) is 22.2 Å². The minimum Gasteiger partial charge on any atom is -0.431 e. The Labute approximate surface area is 152 Å². The zero-order valence-electron chi connectivity index (χ0n) is 13.4. The number of thioether (sulfide) groups is 1. The number of thiophene rings is 1. The molecule has 0 aliphatic rings. The first-order valence-corrected chi connectivity index (χ1v) is 9.35. The summed E-state index contributed by atoms with van der Waals surface area (Å²) in [7, 11) is 0. The van der Waals surface area contributed by atoms with Gasteiger partial charge in [0, 0.05) is 4.88 Å². The normalized spacial score (nSPS) is 11.0. The number of benzene rings is 1. The van der Waals surface area contributed by atoms with Gasteiger partial charge in [0.1, 0.15) is 12.1 Å². The monoisotopic (exact) mass is 376 g/mol. The lowest BCUT2D eigenvalue weighted by Crippen LogP contribution is -2.25. The van der Waals surface area contributed by atoms with Gasteiger partial charge in [0.2, 0.25) is 5.91 Å². The van der Waals surface area contributed by atoms with Crippen LogP contribution in [-0.4, -0.2) is 34.1 Å². The minimum absolute atomic E-state index is 0.0202. The summed E-state index contributed by atoms with van der Waals surface area (Å²) in [5.74, 6) is -0.231. The lowest BCUT2D eigenvalue weighted by atomic mass is 10.2. The number of aryl methyl sites for hydroxylation is 1. The second-order valence-electron chi connectivity index (χ2n) is 5.36. The number of aromatic nitrogens is 1. The third-order valence-corrected chi connectivity index (χ3v) is 5.34. The van der Waals surface area contributed by atoms with Gasteiger partial charge in [0.25, 0.3) is 5.22 Å². The summed E-state index contributed by atoms with van der Waals surface area (Å²) in [6.45, 7) is 1.74. The lowest BCUT2D eigenvalue weighted by Gasteiger charge is -1.99. The lowest BCUT2D eigenvalue weighted by molar-refractivity contribution is -0.123. The molecule has 2 heterocycles. The van der Waals surface area contributed by atoms with Crippen molar-refractivity contribution in [3.63, 3.8) is 0 Å². The Morgan fingerprint density at radius 2 is 2.16 bits per heavy atom. The van der Waals surface area contributed by atoms with Crippen molar-refractivity contribution >= 4 is 45.9 Å². The number of rotatable bonds is 7. The molecular formula is C17H16N2O4S2. The summed E-state index contributed by atoms with van der Waals surface area (Å²) < 4.78 is 5.62. The van der Waals surface area contributed by atoms with Crippen LogP contribution < -0.4 is 5.32 Å². The van der Waals surface area contributed by atoms with Crippen molar-refractivity contribution in [2.24, 2.45) is 0 Å². The first kappa shape index (κ1) is 17.7. The highest BCUT2D eigenvalue weighted by Crippen LogP contribution is 2.26. The summed E-state index contributed by atoms with van der Waals surface area (Å²) in [6, 6.07) is 9.30. The number of aliphatic hydroxyl groups is 1. The quantitative estimate of drug-likeness (QED) is 0.487. The molecule has 130 valence electrons. The van der Waals surface area contributed by atoms with Crippen LogP contribution in [-0.2, 0) is 11.3 Å². The predicted octanol–water partition coefficient (Wildman–Crippen LogP) is 2.78. The van der Waals surface area contributed by atoms with Gasteiger partial charge in [-0.15, -0.1) is 11.3 Å². The molecule has 0 unspecified atom stereocenters. The summed E-state index contributed by atoms with van der Waals surface area (Å²) >= 11 is 2.59. The van der Waals surface area contributed by atoms with Crippen molar-refractivity contribution in [1.29, 1.82) is 0 Å². The molecule has 25 heavy (non-hydrogen) atoms. The van der Waals surface area contributed by atoms with E-state index in [1.807, 2.05) is 25.1 Å². The molecule has 2 N–H and O–H groups in total. The summed E-state index contributed by atoms with van der Waals surface area (Å²) in [4.78, 5) is 29.2. The summed E-state index contributed by atoms with van der Waals surface area (Å²) in [5.41, 5.74) is 2.60. The third-order valence-electron chi connectivity index (χ3n) is 3.39. The zero-order chi connectivity index (χ0) is 17.8. The van der Waals surface area contributed by atoms with Crippen LogP contribution in [0.1, 0.15) is 20.1 Å². The van der Waals surface area contributed by atoms with E-state index in [2.05, 4.69) is 10.3 Å². The first-order valence-electron chi connectivity index (χ1n) is 7.54. The molecule has 0 radical (unpaired) electrons. The van der Waals surface area contributed by atoms with Crippen molar-refractivity contribution in [2.45, 2.75) is 18.7 Å². The van der Waals surface area contributed by atoms with E-state index < -0.39 is 12.5 Å². The van der Waals surface area contributed by atoms with E-state index in [9.17, 15) is 9.59 Å². The maximum absolute atomic E-state index is 12.3. The van der Waals surface area contributed by atoms with Crippen LogP contribution in [0.3, 0.4) is 0 Å². The smallest absolute Gasteiger partial charge is 0.257 e. The second kappa shape index (κ2) is 7.81. The Morgan fingerprint density at radius 3 is 2.96 bits per heavy atom. The molecule has 3 aromatic rings. The number of aliphatic hydroxyl groups excluding tert-OH is 1. The number of amides is 1. The number of Topliss-reactive ketones (excluding diaryl/α,β-unsaturated/α-hetero) is 1. The molecule has 1 aromatic carbocycles. The molecule has 0 bridgehead atoms. The number of hydrogen-bond donors (Lipinski definition) is 2. The van der Waals surface area contributed by atoms with Crippen LogP contribution >= 0.6 is 23.1 Å². The number of nitrogens with zero attached hydrogens (tertiary/aromatic N) is 1. The molecule has 8 heteroatoms. The van der Waals surface area contributed by atoms with Gasteiger partial charge >= 0.3 is 0 Å². The summed E-state index contributed by atoms with van der Waals surface area (Å²) in [6.07, 6.45) is 0. The van der Waals surface area contributed by atoms with Crippen LogP contribution in [0, 0.1) is 6.92 Å². The van der Waals surface area contributed by atoms with Gasteiger partial charge in [-0.05, 0) is 36.8 Å². The molecule has 0 saturated heterocycles. The van der Waals surface area contributed by atoms with E-state index in [1.165, 1.54) is 23.1 Å². The van der Waals surface area contributed by atoms with E-state index in [1.54, 1.807) is 12.1 Å². The van der Waals surface area contributed by atoms with E-state index in [0.717, 1.165) is 16.0 Å². The fraction of sp³-hybridized carbons (Fsp3) is 0.235. The molecular weight excluding hydrogens is 360 g/mol. The van der Waals surface area contributed by atoms with Crippen LogP contribution in [0.4, 0.5) is 0 Å². The Kier molecular flexibility index (Phi) is 5.52. The van der Waals surface area contributed by atoms with Gasteiger partial charge in [0.15, 0.2) is 11.4 Å². The largest absolute Gasteiger partial charge is 0.431 e. The maximum Gasteiger partial charge on any atom is 0.257 e. The second-order valence-corrected chi connectivity index (χ2v) is 7.46. The third kappa shape index (κ3) is 4.47. The van der Waals surface area contributed by atoms with E-state index in [-0.39, 0.29) is 11.5 Å². The fourth-order valence-corrected chi connectivity index (χ4v) is 3.84. The highest BCUT2D eigenvalue weighted by molar-refractivity contribution is 7.99. The average molecular weight is 376 g/mol. The standard InChI is InChI=1S/C17H16N2O4S2/c1-10-2-4-14-12(6-10)19-17(23-14)24-9-13(21)15-5-3-11(25-15)7-18-16(22)8-20/h2-6,20H,7-9H2,1H3,(H,18,22). The Balaban J connectivity index is 1.58. The van der Waals surface area contributed by atoms with Crippen molar-refractivity contribution in [3.8, 4) is 0 Å². The van der Waals surface area contributed by atoms with Crippen LogP contribution in [0.15, 0.2) is 40.0 Å². The number of carbonyl (C=O) groups is 2. The molecule has 0 spiro atoms. The van der Waals surface area contributed by atoms with Gasteiger partial charge < -0.3 is 14.8 Å². The van der Waals surface area contributed by atoms with Gasteiger partial charge in [-0.3, -0.25) is 9.59 Å². The molecule has 6 nitrogen and oxygen atoms in total. The maximum atomic E-state index is 12.3. The highest BCUT2D eigenvalue weighted by Gasteiger charge is 2.13. The van der Waals surface area contributed by atoms with Gasteiger partial charge in [-0.1, -0.05) is 17.8 Å². The minimum atomic E-state index is -0.544. The van der Waals surface area contributed by atoms with Crippen LogP contribution in [0.25, 0.3) is 11.1 Å². The van der Waals surface area contributed by atoms with E-state index in [4.69, 9.17) is 9.52 Å². The molecule has 0 saturated carbocycles. The van der Waals surface area contributed by atoms with Crippen molar-refractivity contribution in [1.82, 2.24) is 10.3 Å². The number of carbonyl (C=O) groups excluding carboxylic acids is 2. The average Bonchev–Trinajstić information content (AvgIpc) is 3.23. The number of fused-ring (bicyclic) bond motifs is 1. The number of ketones is 1. The van der Waals surface area contributed by atoms with Crippen molar-refractivity contribution < 1.29 is 19.1 Å². The molecule has 2 aromatic heterocycles. The van der Waals surface area contributed by atoms with Crippen LogP contribution in [0.5, 0.6) is 0 Å². The Bertz CT molecular complexity index is 916. The van der Waals surface area contributed by atoms with Crippen molar-refractivity contribution in [2.75, 3.05) is 12.4 Å². The molecule has 0 atom stereocenters. The van der Waals surface area contributed by atoms with Gasteiger partial charge in [-0.25, -0.2) is 4.98 Å². The molecule has 0 fully saturated rings. The van der Waals surface area contributed by atoms with Crippen LogP contribution in [0.2, 0.25) is 0 Å².